The van der Waals surface area contributed by atoms with Crippen molar-refractivity contribution in [3.8, 4) is 11.4 Å². The third kappa shape index (κ3) is 4.52. The van der Waals surface area contributed by atoms with E-state index in [2.05, 4.69) is 19.9 Å². The first kappa shape index (κ1) is 18.6. The fourth-order valence-electron chi connectivity index (χ4n) is 2.69. The number of nitrogens with one attached hydrogen (secondary N) is 2. The van der Waals surface area contributed by atoms with Gasteiger partial charge in [0.25, 0.3) is 0 Å². The highest BCUT2D eigenvalue weighted by Crippen LogP contribution is 2.34. The zero-order chi connectivity index (χ0) is 18.9. The van der Waals surface area contributed by atoms with Crippen LogP contribution in [-0.2, 0) is 20.9 Å². The summed E-state index contributed by atoms with van der Waals surface area (Å²) in [6.45, 7) is 2.09. The third-order valence-electron chi connectivity index (χ3n) is 3.82. The van der Waals surface area contributed by atoms with Gasteiger partial charge in [-0.25, -0.2) is 13.4 Å². The Morgan fingerprint density at radius 2 is 2.12 bits per heavy atom. The second kappa shape index (κ2) is 6.88. The summed E-state index contributed by atoms with van der Waals surface area (Å²) in [6.07, 6.45) is -3.73. The lowest BCUT2D eigenvalue weighted by molar-refractivity contribution is -0.137. The van der Waals surface area contributed by atoms with Gasteiger partial charge < -0.3 is 4.74 Å². The molecule has 1 aromatic heterocycles. The molecule has 2 aromatic rings. The molecule has 1 atom stereocenters. The van der Waals surface area contributed by atoms with Crippen molar-refractivity contribution in [1.82, 2.24) is 15.2 Å². The number of alkyl halides is 3. The van der Waals surface area contributed by atoms with E-state index in [1.54, 1.807) is 6.92 Å². The molecule has 1 saturated heterocycles. The summed E-state index contributed by atoms with van der Waals surface area (Å²) in [6, 6.07) is 2.89. The summed E-state index contributed by atoms with van der Waals surface area (Å²) in [7, 11) is -3.87. The first-order valence-electron chi connectivity index (χ1n) is 7.86. The van der Waals surface area contributed by atoms with E-state index in [9.17, 15) is 21.6 Å². The predicted molar refractivity (Wildman–Crippen MR) is 87.9 cm³/mol. The van der Waals surface area contributed by atoms with Crippen LogP contribution in [0, 0.1) is 6.92 Å². The summed E-state index contributed by atoms with van der Waals surface area (Å²) >= 11 is 0. The molecular weight excluding hydrogens is 373 g/mol. The van der Waals surface area contributed by atoms with Gasteiger partial charge in [0.2, 0.25) is 10.0 Å². The van der Waals surface area contributed by atoms with Crippen molar-refractivity contribution in [2.45, 2.75) is 32.0 Å². The molecule has 11 heteroatoms. The van der Waals surface area contributed by atoms with E-state index in [-0.39, 0.29) is 22.8 Å². The number of hydrogen-bond acceptors (Lipinski definition) is 5. The van der Waals surface area contributed by atoms with Crippen molar-refractivity contribution in [3.05, 3.63) is 29.6 Å². The van der Waals surface area contributed by atoms with Crippen LogP contribution in [0.4, 0.5) is 18.9 Å². The second-order valence-corrected chi connectivity index (χ2v) is 7.83. The number of hydrogen-bond donors (Lipinski definition) is 2. The smallest absolute Gasteiger partial charge is 0.377 e. The van der Waals surface area contributed by atoms with Crippen LogP contribution in [0.5, 0.6) is 0 Å². The van der Waals surface area contributed by atoms with Crippen molar-refractivity contribution in [2.24, 2.45) is 0 Å². The molecule has 26 heavy (non-hydrogen) atoms. The van der Waals surface area contributed by atoms with Gasteiger partial charge in [0.1, 0.15) is 5.82 Å². The number of anilines is 1. The van der Waals surface area contributed by atoms with Crippen molar-refractivity contribution in [3.63, 3.8) is 0 Å². The van der Waals surface area contributed by atoms with E-state index < -0.39 is 27.9 Å². The monoisotopic (exact) mass is 390 g/mol. The number of nitrogens with zero attached hydrogens (tertiary/aromatic N) is 2. The molecule has 1 fully saturated rings. The molecule has 7 nitrogen and oxygen atoms in total. The minimum absolute atomic E-state index is 0.0492. The molecule has 1 aliphatic heterocycles. The Morgan fingerprint density at radius 1 is 1.35 bits per heavy atom. The lowest BCUT2D eigenvalue weighted by Crippen LogP contribution is -2.25. The van der Waals surface area contributed by atoms with Gasteiger partial charge in [-0.2, -0.15) is 18.3 Å². The lowest BCUT2D eigenvalue weighted by atomic mass is 10.1. The number of halogens is 3. The molecule has 0 aliphatic carbocycles. The number of aromatic amines is 1. The molecule has 0 spiro atoms. The Hall–Kier alpha value is -2.14. The Kier molecular flexibility index (Phi) is 4.93. The van der Waals surface area contributed by atoms with E-state index >= 15 is 0 Å². The highest BCUT2D eigenvalue weighted by molar-refractivity contribution is 7.92. The molecule has 2 N–H and O–H groups in total. The van der Waals surface area contributed by atoms with Crippen LogP contribution in [0.3, 0.4) is 0 Å². The van der Waals surface area contributed by atoms with Gasteiger partial charge in [-0.1, -0.05) is 0 Å². The van der Waals surface area contributed by atoms with Gasteiger partial charge >= 0.3 is 6.18 Å². The average Bonchev–Trinajstić information content (AvgIpc) is 3.16. The predicted octanol–water partition coefficient (Wildman–Crippen LogP) is 2.72. The van der Waals surface area contributed by atoms with Crippen molar-refractivity contribution >= 4 is 15.7 Å². The molecular formula is C15H17F3N4O3S. The first-order chi connectivity index (χ1) is 12.1. The van der Waals surface area contributed by atoms with Crippen LogP contribution in [0.1, 0.15) is 24.2 Å². The van der Waals surface area contributed by atoms with Crippen LogP contribution < -0.4 is 4.72 Å². The summed E-state index contributed by atoms with van der Waals surface area (Å²) < 4.78 is 71.5. The van der Waals surface area contributed by atoms with Gasteiger partial charge in [-0.3, -0.25) is 9.82 Å². The van der Waals surface area contributed by atoms with Crippen LogP contribution >= 0.6 is 0 Å². The summed E-state index contributed by atoms with van der Waals surface area (Å²) in [5, 5.41) is 6.37. The minimum Gasteiger partial charge on any atom is -0.377 e. The van der Waals surface area contributed by atoms with E-state index in [1.807, 2.05) is 0 Å². The second-order valence-electron chi connectivity index (χ2n) is 6.06. The first-order valence-corrected chi connectivity index (χ1v) is 9.51. The number of H-pyrrole nitrogens is 1. The van der Waals surface area contributed by atoms with Crippen LogP contribution in [0.2, 0.25) is 0 Å². The molecule has 0 radical (unpaired) electrons. The molecule has 1 aromatic carbocycles. The summed E-state index contributed by atoms with van der Waals surface area (Å²) in [4.78, 5) is 3.99. The molecule has 1 aliphatic rings. The van der Waals surface area contributed by atoms with Crippen molar-refractivity contribution in [1.29, 1.82) is 0 Å². The van der Waals surface area contributed by atoms with Gasteiger partial charge in [0.15, 0.2) is 5.82 Å². The van der Waals surface area contributed by atoms with Crippen LogP contribution in [0.25, 0.3) is 11.4 Å². The molecule has 142 valence electrons. The Bertz CT molecular complexity index is 890. The molecule has 2 heterocycles. The maximum Gasteiger partial charge on any atom is 0.416 e. The Balaban J connectivity index is 1.92. The van der Waals surface area contributed by atoms with Gasteiger partial charge in [0.05, 0.1) is 17.4 Å². The maximum absolute atomic E-state index is 13.2. The number of aromatic nitrogens is 3. The lowest BCUT2D eigenvalue weighted by Gasteiger charge is -2.15. The van der Waals surface area contributed by atoms with Gasteiger partial charge in [0, 0.05) is 17.9 Å². The highest BCUT2D eigenvalue weighted by atomic mass is 32.2. The molecule has 3 rings (SSSR count). The molecule has 0 bridgehead atoms. The zero-order valence-corrected chi connectivity index (χ0v) is 14.6. The SMILES string of the molecule is Cc1nc(-c2cc(NS(=O)(=O)CC3CCCO3)cc(C(F)(F)F)c2)n[nH]1. The number of ether oxygens (including phenoxy) is 1. The van der Waals surface area contributed by atoms with E-state index in [0.29, 0.717) is 18.9 Å². The molecule has 1 unspecified atom stereocenters. The number of rotatable bonds is 5. The summed E-state index contributed by atoms with van der Waals surface area (Å²) in [5.41, 5.74) is -1.14. The van der Waals surface area contributed by atoms with E-state index in [1.165, 1.54) is 6.07 Å². The third-order valence-corrected chi connectivity index (χ3v) is 5.18. The normalized spacial score (nSPS) is 18.2. The maximum atomic E-state index is 13.2. The zero-order valence-electron chi connectivity index (χ0n) is 13.8. The average molecular weight is 390 g/mol. The van der Waals surface area contributed by atoms with Crippen molar-refractivity contribution in [2.75, 3.05) is 17.1 Å². The fourth-order valence-corrected chi connectivity index (χ4v) is 4.01. The van der Waals surface area contributed by atoms with Gasteiger partial charge in [-0.15, -0.1) is 0 Å². The molecule has 0 amide bonds. The molecule has 0 saturated carbocycles. The van der Waals surface area contributed by atoms with E-state index in [4.69, 9.17) is 4.74 Å². The standard InChI is InChI=1S/C15H17F3N4O3S/c1-9-19-14(21-20-9)10-5-11(15(16,17)18)7-12(6-10)22-26(23,24)8-13-3-2-4-25-13/h5-7,13,22H,2-4,8H2,1H3,(H,19,20,21). The fraction of sp³-hybridized carbons (Fsp3) is 0.467. The van der Waals surface area contributed by atoms with Crippen LogP contribution in [0.15, 0.2) is 18.2 Å². The number of benzene rings is 1. The highest BCUT2D eigenvalue weighted by Gasteiger charge is 2.32. The van der Waals surface area contributed by atoms with Gasteiger partial charge in [-0.05, 0) is 38.0 Å². The quantitative estimate of drug-likeness (QED) is 0.818. The largest absolute Gasteiger partial charge is 0.416 e. The van der Waals surface area contributed by atoms with Crippen molar-refractivity contribution < 1.29 is 26.3 Å². The Labute approximate surface area is 148 Å². The van der Waals surface area contributed by atoms with E-state index in [0.717, 1.165) is 18.6 Å². The Morgan fingerprint density at radius 3 is 2.69 bits per heavy atom. The summed E-state index contributed by atoms with van der Waals surface area (Å²) in [5.74, 6) is 0.171. The minimum atomic E-state index is -4.64. The number of sulfonamides is 1. The topological polar surface area (TPSA) is 97.0 Å². The van der Waals surface area contributed by atoms with Crippen LogP contribution in [-0.4, -0.2) is 42.1 Å². The number of aryl methyl sites for hydroxylation is 1.